The topological polar surface area (TPSA) is 62.2 Å². The highest BCUT2D eigenvalue weighted by Gasteiger charge is 2.09. The standard InChI is InChI=1S/C11H14N2O2/c1-7(12)9-5-4-8(11(14)15-3)6-10(9)13-2/h4-6,12-13H,1-3H3. The second-order valence-electron chi connectivity index (χ2n) is 3.13. The molecule has 0 bridgehead atoms. The van der Waals surface area contributed by atoms with Crippen LogP contribution in [0.1, 0.15) is 22.8 Å². The minimum absolute atomic E-state index is 0.374. The molecule has 0 atom stereocenters. The number of hydrogen-bond acceptors (Lipinski definition) is 4. The molecule has 0 fully saturated rings. The normalized spacial score (nSPS) is 9.53. The van der Waals surface area contributed by atoms with Crippen molar-refractivity contribution in [1.29, 1.82) is 5.41 Å². The van der Waals surface area contributed by atoms with E-state index in [-0.39, 0.29) is 5.97 Å². The van der Waals surface area contributed by atoms with Gasteiger partial charge in [-0.2, -0.15) is 0 Å². The van der Waals surface area contributed by atoms with Crippen molar-refractivity contribution in [2.75, 3.05) is 19.5 Å². The van der Waals surface area contributed by atoms with E-state index in [0.29, 0.717) is 11.3 Å². The summed E-state index contributed by atoms with van der Waals surface area (Å²) in [6.07, 6.45) is 0. The van der Waals surface area contributed by atoms with E-state index in [4.69, 9.17) is 5.41 Å². The summed E-state index contributed by atoms with van der Waals surface area (Å²) in [4.78, 5) is 11.3. The number of carbonyl (C=O) groups is 1. The lowest BCUT2D eigenvalue weighted by atomic mass is 10.1. The number of ether oxygens (including phenoxy) is 1. The fourth-order valence-electron chi connectivity index (χ4n) is 1.32. The van der Waals surface area contributed by atoms with Crippen LogP contribution >= 0.6 is 0 Å². The average molecular weight is 206 g/mol. The number of benzene rings is 1. The van der Waals surface area contributed by atoms with Crippen molar-refractivity contribution in [2.45, 2.75) is 6.92 Å². The number of nitrogens with one attached hydrogen (secondary N) is 2. The fraction of sp³-hybridized carbons (Fsp3) is 0.273. The van der Waals surface area contributed by atoms with Crippen LogP contribution in [0.4, 0.5) is 5.69 Å². The van der Waals surface area contributed by atoms with E-state index in [1.54, 1.807) is 32.2 Å². The smallest absolute Gasteiger partial charge is 0.337 e. The van der Waals surface area contributed by atoms with Crippen molar-refractivity contribution in [3.05, 3.63) is 29.3 Å². The molecule has 0 spiro atoms. The van der Waals surface area contributed by atoms with Crippen LogP contribution in [0.15, 0.2) is 18.2 Å². The van der Waals surface area contributed by atoms with Gasteiger partial charge in [-0.05, 0) is 19.1 Å². The lowest BCUT2D eigenvalue weighted by molar-refractivity contribution is 0.0601. The van der Waals surface area contributed by atoms with E-state index < -0.39 is 0 Å². The second-order valence-corrected chi connectivity index (χ2v) is 3.13. The highest BCUT2D eigenvalue weighted by Crippen LogP contribution is 2.18. The molecule has 0 saturated carbocycles. The highest BCUT2D eigenvalue weighted by atomic mass is 16.5. The summed E-state index contributed by atoms with van der Waals surface area (Å²) in [5.74, 6) is -0.374. The largest absolute Gasteiger partial charge is 0.465 e. The van der Waals surface area contributed by atoms with Crippen LogP contribution in [0, 0.1) is 5.41 Å². The maximum atomic E-state index is 11.3. The molecular weight excluding hydrogens is 192 g/mol. The Kier molecular flexibility index (Phi) is 3.44. The molecule has 0 aliphatic rings. The third-order valence-corrected chi connectivity index (χ3v) is 2.11. The van der Waals surface area contributed by atoms with Gasteiger partial charge in [0.15, 0.2) is 0 Å². The first-order valence-electron chi connectivity index (χ1n) is 4.55. The zero-order chi connectivity index (χ0) is 11.4. The molecule has 4 nitrogen and oxygen atoms in total. The lowest BCUT2D eigenvalue weighted by Gasteiger charge is -2.09. The summed E-state index contributed by atoms with van der Waals surface area (Å²) in [6.45, 7) is 1.70. The molecule has 1 aromatic rings. The Morgan fingerprint density at radius 1 is 1.47 bits per heavy atom. The third kappa shape index (κ3) is 2.34. The van der Waals surface area contributed by atoms with E-state index in [1.807, 2.05) is 0 Å². The van der Waals surface area contributed by atoms with Gasteiger partial charge in [-0.3, -0.25) is 0 Å². The lowest BCUT2D eigenvalue weighted by Crippen LogP contribution is -2.05. The van der Waals surface area contributed by atoms with E-state index in [0.717, 1.165) is 11.3 Å². The number of rotatable bonds is 3. The first kappa shape index (κ1) is 11.2. The number of methoxy groups -OCH3 is 1. The number of hydrogen-bond donors (Lipinski definition) is 2. The summed E-state index contributed by atoms with van der Waals surface area (Å²) < 4.78 is 4.62. The summed E-state index contributed by atoms with van der Waals surface area (Å²) in [6, 6.07) is 5.07. The van der Waals surface area contributed by atoms with Crippen LogP contribution in [0.25, 0.3) is 0 Å². The fourth-order valence-corrected chi connectivity index (χ4v) is 1.32. The molecule has 15 heavy (non-hydrogen) atoms. The van der Waals surface area contributed by atoms with E-state index in [1.165, 1.54) is 7.11 Å². The first-order chi connectivity index (χ1) is 7.10. The van der Waals surface area contributed by atoms with Gasteiger partial charge in [0, 0.05) is 24.0 Å². The van der Waals surface area contributed by atoms with Crippen LogP contribution in [0.5, 0.6) is 0 Å². The Morgan fingerprint density at radius 3 is 2.60 bits per heavy atom. The van der Waals surface area contributed by atoms with Crippen molar-refractivity contribution in [1.82, 2.24) is 0 Å². The molecule has 0 amide bonds. The highest BCUT2D eigenvalue weighted by molar-refractivity contribution is 6.03. The predicted molar refractivity (Wildman–Crippen MR) is 59.8 cm³/mol. The quantitative estimate of drug-likeness (QED) is 0.586. The summed E-state index contributed by atoms with van der Waals surface area (Å²) >= 11 is 0. The monoisotopic (exact) mass is 206 g/mol. The Balaban J connectivity index is 3.19. The van der Waals surface area contributed by atoms with Gasteiger partial charge in [-0.25, -0.2) is 4.79 Å². The van der Waals surface area contributed by atoms with Crippen LogP contribution < -0.4 is 5.32 Å². The van der Waals surface area contributed by atoms with Gasteiger partial charge in [0.25, 0.3) is 0 Å². The SMILES string of the molecule is CNc1cc(C(=O)OC)ccc1C(C)=N. The van der Waals surface area contributed by atoms with Gasteiger partial charge < -0.3 is 15.5 Å². The summed E-state index contributed by atoms with van der Waals surface area (Å²) in [5.41, 5.74) is 2.47. The van der Waals surface area contributed by atoms with Gasteiger partial charge in [0.1, 0.15) is 0 Å². The van der Waals surface area contributed by atoms with Crippen molar-refractivity contribution >= 4 is 17.4 Å². The maximum Gasteiger partial charge on any atom is 0.337 e. The molecule has 0 aliphatic carbocycles. The predicted octanol–water partition coefficient (Wildman–Crippen LogP) is 1.90. The zero-order valence-corrected chi connectivity index (χ0v) is 9.05. The van der Waals surface area contributed by atoms with Gasteiger partial charge in [-0.1, -0.05) is 6.07 Å². The van der Waals surface area contributed by atoms with Crippen LogP contribution in [-0.2, 0) is 4.74 Å². The van der Waals surface area contributed by atoms with Crippen molar-refractivity contribution in [3.63, 3.8) is 0 Å². The molecule has 0 radical (unpaired) electrons. The molecule has 4 heteroatoms. The van der Waals surface area contributed by atoms with E-state index >= 15 is 0 Å². The van der Waals surface area contributed by atoms with Crippen molar-refractivity contribution in [3.8, 4) is 0 Å². The average Bonchev–Trinajstić information content (AvgIpc) is 2.26. The summed E-state index contributed by atoms with van der Waals surface area (Å²) in [7, 11) is 3.10. The van der Waals surface area contributed by atoms with Crippen molar-refractivity contribution in [2.24, 2.45) is 0 Å². The Labute approximate surface area is 88.8 Å². The summed E-state index contributed by atoms with van der Waals surface area (Å²) in [5, 5.41) is 10.5. The number of esters is 1. The molecule has 0 saturated heterocycles. The molecule has 0 aliphatic heterocycles. The molecule has 2 N–H and O–H groups in total. The first-order valence-corrected chi connectivity index (χ1v) is 4.55. The van der Waals surface area contributed by atoms with E-state index in [2.05, 4.69) is 10.1 Å². The third-order valence-electron chi connectivity index (χ3n) is 2.11. The Hall–Kier alpha value is -1.84. The molecule has 0 heterocycles. The molecule has 0 aromatic heterocycles. The minimum atomic E-state index is -0.374. The van der Waals surface area contributed by atoms with Crippen LogP contribution in [0.2, 0.25) is 0 Å². The van der Waals surface area contributed by atoms with Crippen molar-refractivity contribution < 1.29 is 9.53 Å². The molecule has 80 valence electrons. The zero-order valence-electron chi connectivity index (χ0n) is 9.05. The second kappa shape index (κ2) is 4.59. The van der Waals surface area contributed by atoms with Crippen LogP contribution in [0.3, 0.4) is 0 Å². The minimum Gasteiger partial charge on any atom is -0.465 e. The van der Waals surface area contributed by atoms with Gasteiger partial charge in [0.05, 0.1) is 12.7 Å². The van der Waals surface area contributed by atoms with Gasteiger partial charge in [-0.15, -0.1) is 0 Å². The van der Waals surface area contributed by atoms with E-state index in [9.17, 15) is 4.79 Å². The molecule has 1 aromatic carbocycles. The Morgan fingerprint density at radius 2 is 2.13 bits per heavy atom. The molecular formula is C11H14N2O2. The maximum absolute atomic E-state index is 11.3. The van der Waals surface area contributed by atoms with Gasteiger partial charge in [0.2, 0.25) is 0 Å². The molecule has 1 rings (SSSR count). The Bertz CT molecular complexity index is 400. The number of anilines is 1. The molecule has 0 unspecified atom stereocenters. The van der Waals surface area contributed by atoms with Crippen LogP contribution in [-0.4, -0.2) is 25.8 Å². The van der Waals surface area contributed by atoms with Gasteiger partial charge >= 0.3 is 5.97 Å². The number of carbonyl (C=O) groups excluding carboxylic acids is 1.